The minimum Gasteiger partial charge on any atom is -0.454 e. The third kappa shape index (κ3) is 4.56. The zero-order valence-corrected chi connectivity index (χ0v) is 19.5. The van der Waals surface area contributed by atoms with Crippen LogP contribution in [0.2, 0.25) is 5.02 Å². The average Bonchev–Trinajstić information content (AvgIpc) is 3.47. The van der Waals surface area contributed by atoms with Crippen molar-refractivity contribution in [3.63, 3.8) is 0 Å². The maximum atomic E-state index is 13.5. The minimum absolute atomic E-state index is 0.0261. The number of carbonyl (C=O) groups excluding carboxylic acids is 1. The molecule has 7 nitrogen and oxygen atoms in total. The summed E-state index contributed by atoms with van der Waals surface area (Å²) in [5.41, 5.74) is 2.32. The van der Waals surface area contributed by atoms with Crippen LogP contribution in [0, 0.1) is 0 Å². The highest BCUT2D eigenvalue weighted by atomic mass is 35.5. The molecule has 0 spiro atoms. The van der Waals surface area contributed by atoms with E-state index in [1.165, 1.54) is 0 Å². The number of hydrogen-bond donors (Lipinski definition) is 0. The Morgan fingerprint density at radius 3 is 2.70 bits per heavy atom. The molecule has 0 radical (unpaired) electrons. The fourth-order valence-electron chi connectivity index (χ4n) is 4.36. The number of rotatable bonds is 6. The predicted octanol–water partition coefficient (Wildman–Crippen LogP) is 4.50. The number of aromatic nitrogens is 1. The number of pyridine rings is 1. The van der Waals surface area contributed by atoms with Gasteiger partial charge in [0, 0.05) is 61.4 Å². The van der Waals surface area contributed by atoms with Crippen LogP contribution in [0.3, 0.4) is 0 Å². The molecule has 0 N–H and O–H groups in total. The third-order valence-corrected chi connectivity index (χ3v) is 6.19. The summed E-state index contributed by atoms with van der Waals surface area (Å²) >= 11 is 6.17. The number of nitrogens with zero attached hydrogens (tertiary/aromatic N) is 3. The van der Waals surface area contributed by atoms with Crippen LogP contribution in [-0.2, 0) is 11.3 Å². The number of halogens is 1. The summed E-state index contributed by atoms with van der Waals surface area (Å²) < 4.78 is 16.9. The lowest BCUT2D eigenvalue weighted by Gasteiger charge is -2.28. The Balaban J connectivity index is 1.52. The molecule has 1 fully saturated rings. The van der Waals surface area contributed by atoms with Crippen molar-refractivity contribution in [2.75, 3.05) is 38.9 Å². The smallest absolute Gasteiger partial charge is 0.254 e. The van der Waals surface area contributed by atoms with E-state index in [0.717, 1.165) is 41.7 Å². The van der Waals surface area contributed by atoms with Gasteiger partial charge in [-0.25, -0.2) is 4.98 Å². The summed E-state index contributed by atoms with van der Waals surface area (Å²) in [6.07, 6.45) is 1.98. The van der Waals surface area contributed by atoms with Crippen molar-refractivity contribution in [3.05, 3.63) is 58.6 Å². The van der Waals surface area contributed by atoms with Crippen molar-refractivity contribution < 1.29 is 19.0 Å². The van der Waals surface area contributed by atoms with Gasteiger partial charge < -0.3 is 24.0 Å². The second-order valence-electron chi connectivity index (χ2n) is 8.59. The fraction of sp³-hybridized carbons (Fsp3) is 0.360. The zero-order chi connectivity index (χ0) is 22.9. The maximum Gasteiger partial charge on any atom is 0.254 e. The summed E-state index contributed by atoms with van der Waals surface area (Å²) in [6.45, 7) is 1.85. The van der Waals surface area contributed by atoms with Gasteiger partial charge in [-0.1, -0.05) is 17.7 Å². The number of carbonyl (C=O) groups is 1. The largest absolute Gasteiger partial charge is 0.454 e. The number of amides is 1. The predicted molar refractivity (Wildman–Crippen MR) is 127 cm³/mol. The van der Waals surface area contributed by atoms with E-state index in [9.17, 15) is 4.79 Å². The van der Waals surface area contributed by atoms with Crippen molar-refractivity contribution >= 4 is 34.2 Å². The van der Waals surface area contributed by atoms with Crippen LogP contribution in [0.15, 0.2) is 42.5 Å². The molecule has 0 saturated carbocycles. The molecule has 1 unspecified atom stereocenters. The molecular weight excluding hydrogens is 442 g/mol. The lowest BCUT2D eigenvalue weighted by Crippen LogP contribution is -2.37. The van der Waals surface area contributed by atoms with Gasteiger partial charge in [-0.15, -0.1) is 0 Å². The molecule has 0 aliphatic carbocycles. The summed E-state index contributed by atoms with van der Waals surface area (Å²) in [6, 6.07) is 13.0. The molecule has 2 aliphatic heterocycles. The quantitative estimate of drug-likeness (QED) is 0.531. The van der Waals surface area contributed by atoms with Crippen LogP contribution < -0.4 is 14.4 Å². The molecule has 1 saturated heterocycles. The molecule has 172 valence electrons. The van der Waals surface area contributed by atoms with Crippen LogP contribution >= 0.6 is 11.6 Å². The Bertz CT molecular complexity index is 1190. The summed E-state index contributed by atoms with van der Waals surface area (Å²) in [7, 11) is 3.90. The van der Waals surface area contributed by atoms with Crippen molar-refractivity contribution in [2.24, 2.45) is 0 Å². The molecule has 33 heavy (non-hydrogen) atoms. The van der Waals surface area contributed by atoms with E-state index in [0.29, 0.717) is 35.2 Å². The van der Waals surface area contributed by atoms with Crippen molar-refractivity contribution in [1.82, 2.24) is 9.88 Å². The van der Waals surface area contributed by atoms with Crippen LogP contribution in [0.25, 0.3) is 10.9 Å². The Kier molecular flexibility index (Phi) is 6.00. The normalized spacial score (nSPS) is 16.9. The van der Waals surface area contributed by atoms with Gasteiger partial charge in [0.1, 0.15) is 5.82 Å². The van der Waals surface area contributed by atoms with Crippen molar-refractivity contribution in [3.8, 4) is 11.5 Å². The van der Waals surface area contributed by atoms with E-state index in [4.69, 9.17) is 30.8 Å². The van der Waals surface area contributed by atoms with E-state index in [-0.39, 0.29) is 18.8 Å². The van der Waals surface area contributed by atoms with E-state index >= 15 is 0 Å². The third-order valence-electron chi connectivity index (χ3n) is 5.96. The topological polar surface area (TPSA) is 64.1 Å². The first kappa shape index (κ1) is 21.8. The van der Waals surface area contributed by atoms with Crippen LogP contribution in [0.5, 0.6) is 11.5 Å². The lowest BCUT2D eigenvalue weighted by molar-refractivity contribution is 0.0507. The minimum atomic E-state index is -0.0801. The Labute approximate surface area is 197 Å². The van der Waals surface area contributed by atoms with Gasteiger partial charge in [-0.05, 0) is 43.2 Å². The van der Waals surface area contributed by atoms with Gasteiger partial charge in [0.25, 0.3) is 5.91 Å². The highest BCUT2D eigenvalue weighted by Gasteiger charge is 2.26. The van der Waals surface area contributed by atoms with Crippen molar-refractivity contribution in [1.29, 1.82) is 0 Å². The average molecular weight is 468 g/mol. The molecule has 1 aromatic heterocycles. The van der Waals surface area contributed by atoms with E-state index < -0.39 is 0 Å². The van der Waals surface area contributed by atoms with Crippen LogP contribution in [0.4, 0.5) is 5.82 Å². The molecule has 1 amide bonds. The number of benzene rings is 2. The molecule has 8 heteroatoms. The molecule has 3 heterocycles. The number of anilines is 1. The molecule has 2 aliphatic rings. The van der Waals surface area contributed by atoms with Crippen LogP contribution in [0.1, 0.15) is 28.8 Å². The van der Waals surface area contributed by atoms with Gasteiger partial charge in [-0.3, -0.25) is 4.79 Å². The molecular formula is C25H26ClN3O4. The molecule has 3 aromatic rings. The van der Waals surface area contributed by atoms with E-state index in [2.05, 4.69) is 6.07 Å². The maximum absolute atomic E-state index is 13.5. The first-order valence-electron chi connectivity index (χ1n) is 11.0. The first-order chi connectivity index (χ1) is 16.0. The highest BCUT2D eigenvalue weighted by Crippen LogP contribution is 2.37. The Hall–Kier alpha value is -3.03. The molecule has 2 aromatic carbocycles. The van der Waals surface area contributed by atoms with Gasteiger partial charge in [-0.2, -0.15) is 0 Å². The highest BCUT2D eigenvalue weighted by molar-refractivity contribution is 6.30. The van der Waals surface area contributed by atoms with Gasteiger partial charge in [0.15, 0.2) is 11.5 Å². The Morgan fingerprint density at radius 1 is 1.15 bits per heavy atom. The van der Waals surface area contributed by atoms with Crippen LogP contribution in [-0.4, -0.2) is 55.9 Å². The zero-order valence-electron chi connectivity index (χ0n) is 18.7. The SMILES string of the molecule is CN(C)c1nc2cc3c(cc2cc1CN(CC1CCCO1)C(=O)c1cccc(Cl)c1)OCO3. The molecule has 0 bridgehead atoms. The molecule has 5 rings (SSSR count). The number of ether oxygens (including phenoxy) is 3. The lowest BCUT2D eigenvalue weighted by atomic mass is 10.1. The monoisotopic (exact) mass is 467 g/mol. The first-order valence-corrected chi connectivity index (χ1v) is 11.4. The van der Waals surface area contributed by atoms with Gasteiger partial charge in [0.05, 0.1) is 11.6 Å². The van der Waals surface area contributed by atoms with E-state index in [1.54, 1.807) is 24.3 Å². The summed E-state index contributed by atoms with van der Waals surface area (Å²) in [5, 5.41) is 1.47. The fourth-order valence-corrected chi connectivity index (χ4v) is 4.55. The Morgan fingerprint density at radius 2 is 1.97 bits per heavy atom. The number of fused-ring (bicyclic) bond motifs is 2. The second-order valence-corrected chi connectivity index (χ2v) is 9.03. The van der Waals surface area contributed by atoms with Gasteiger partial charge in [0.2, 0.25) is 6.79 Å². The van der Waals surface area contributed by atoms with Crippen molar-refractivity contribution in [2.45, 2.75) is 25.5 Å². The summed E-state index contributed by atoms with van der Waals surface area (Å²) in [4.78, 5) is 22.2. The molecule has 1 atom stereocenters. The standard InChI is InChI=1S/C25H26ClN3O4/c1-28(2)24-18(9-17-11-22-23(33-15-32-22)12-21(17)27-24)13-29(14-20-7-4-8-31-20)25(30)16-5-3-6-19(26)10-16/h3,5-6,9-12,20H,4,7-8,13-15H2,1-2H3. The van der Waals surface area contributed by atoms with Gasteiger partial charge >= 0.3 is 0 Å². The number of hydrogen-bond acceptors (Lipinski definition) is 6. The van der Waals surface area contributed by atoms with E-state index in [1.807, 2.05) is 36.0 Å². The second kappa shape index (κ2) is 9.08. The summed E-state index contributed by atoms with van der Waals surface area (Å²) in [5.74, 6) is 2.13.